The summed E-state index contributed by atoms with van der Waals surface area (Å²) in [7, 11) is 0. The van der Waals surface area contributed by atoms with Gasteiger partial charge >= 0.3 is 5.97 Å². The molecule has 308 valence electrons. The summed E-state index contributed by atoms with van der Waals surface area (Å²) in [6.07, 6.45) is 3.85. The zero-order chi connectivity index (χ0) is 40.6. The summed E-state index contributed by atoms with van der Waals surface area (Å²) in [4.78, 5) is 30.9. The Morgan fingerprint density at radius 3 is 1.76 bits per heavy atom. The summed E-state index contributed by atoms with van der Waals surface area (Å²) in [6, 6.07) is 27.2. The van der Waals surface area contributed by atoms with Crippen molar-refractivity contribution in [2.24, 2.45) is 11.8 Å². The van der Waals surface area contributed by atoms with Gasteiger partial charge in [0.2, 0.25) is 5.91 Å². The molecule has 0 bridgehead atoms. The number of piperazine rings is 2. The van der Waals surface area contributed by atoms with E-state index in [2.05, 4.69) is 27.2 Å². The van der Waals surface area contributed by atoms with E-state index in [0.29, 0.717) is 46.2 Å². The molecule has 4 aromatic rings. The van der Waals surface area contributed by atoms with Gasteiger partial charge in [0.25, 0.3) is 0 Å². The summed E-state index contributed by atoms with van der Waals surface area (Å²) in [5.74, 6) is 1.70. The van der Waals surface area contributed by atoms with Crippen molar-refractivity contribution in [1.82, 2.24) is 10.2 Å². The maximum absolute atomic E-state index is 12.8. The van der Waals surface area contributed by atoms with Gasteiger partial charge in [-0.25, -0.2) is 0 Å². The molecule has 2 heterocycles. The molecule has 0 aromatic heterocycles. The molecular formula is C44H48Cl4N4O6. The Labute approximate surface area is 359 Å². The van der Waals surface area contributed by atoms with Crippen LogP contribution in [0.5, 0.6) is 11.5 Å². The van der Waals surface area contributed by atoms with E-state index < -0.39 is 0 Å². The maximum atomic E-state index is 12.8. The van der Waals surface area contributed by atoms with Gasteiger partial charge in [-0.2, -0.15) is 0 Å². The monoisotopic (exact) mass is 868 g/mol. The molecule has 4 aliphatic rings. The number of hydrogen-bond donors (Lipinski definition) is 2. The molecule has 0 unspecified atom stereocenters. The Kier molecular flexibility index (Phi) is 14.5. The largest absolute Gasteiger partial charge is 0.491 e. The molecule has 10 nitrogen and oxygen atoms in total. The van der Waals surface area contributed by atoms with Crippen molar-refractivity contribution in [2.45, 2.75) is 37.8 Å². The number of nitrogens with one attached hydrogen (secondary N) is 1. The van der Waals surface area contributed by atoms with Crippen molar-refractivity contribution in [3.63, 3.8) is 0 Å². The molecule has 2 aliphatic carbocycles. The van der Waals surface area contributed by atoms with E-state index in [-0.39, 0.29) is 62.2 Å². The average molecular weight is 871 g/mol. The summed E-state index contributed by atoms with van der Waals surface area (Å²) >= 11 is 25.3. The summed E-state index contributed by atoms with van der Waals surface area (Å²) < 4.78 is 16.4. The minimum absolute atomic E-state index is 0.0180. The van der Waals surface area contributed by atoms with E-state index in [1.165, 1.54) is 5.56 Å². The summed E-state index contributed by atoms with van der Waals surface area (Å²) in [6.45, 7) is 5.33. The molecule has 58 heavy (non-hydrogen) atoms. The molecule has 2 saturated heterocycles. The van der Waals surface area contributed by atoms with Crippen LogP contribution in [-0.4, -0.2) is 87.6 Å². The quantitative estimate of drug-likeness (QED) is 0.101. The van der Waals surface area contributed by atoms with Crippen molar-refractivity contribution in [2.75, 3.05) is 75.5 Å². The number of nitrogens with zero attached hydrogens (tertiary/aromatic N) is 3. The number of carbonyl (C=O) groups is 2. The summed E-state index contributed by atoms with van der Waals surface area (Å²) in [5.41, 5.74) is 4.16. The first kappa shape index (κ1) is 42.2. The lowest BCUT2D eigenvalue weighted by Crippen LogP contribution is -2.51. The fourth-order valence-corrected chi connectivity index (χ4v) is 8.14. The Balaban J connectivity index is 0.000000188. The number of esters is 1. The molecule has 4 fully saturated rings. The first-order valence-corrected chi connectivity index (χ1v) is 21.4. The smallest absolute Gasteiger partial charge is 0.309 e. The van der Waals surface area contributed by atoms with Crippen molar-refractivity contribution >= 4 is 69.7 Å². The van der Waals surface area contributed by atoms with Gasteiger partial charge in [0.05, 0.1) is 46.0 Å². The van der Waals surface area contributed by atoms with Crippen LogP contribution in [-0.2, 0) is 14.3 Å². The van der Waals surface area contributed by atoms with Crippen molar-refractivity contribution < 1.29 is 28.9 Å². The first-order valence-electron chi connectivity index (χ1n) is 19.8. The van der Waals surface area contributed by atoms with Crippen molar-refractivity contribution in [3.8, 4) is 11.5 Å². The molecule has 2 N–H and O–H groups in total. The molecule has 2 saturated carbocycles. The van der Waals surface area contributed by atoms with Gasteiger partial charge in [0, 0.05) is 67.4 Å². The minimum Gasteiger partial charge on any atom is -0.491 e. The van der Waals surface area contributed by atoms with Gasteiger partial charge in [-0.15, -0.1) is 0 Å². The third-order valence-electron chi connectivity index (χ3n) is 10.7. The number of aliphatic hydroxyl groups is 1. The lowest BCUT2D eigenvalue weighted by molar-refractivity contribution is -0.145. The summed E-state index contributed by atoms with van der Waals surface area (Å²) in [5, 5.41) is 14.9. The predicted molar refractivity (Wildman–Crippen MR) is 230 cm³/mol. The molecule has 8 rings (SSSR count). The van der Waals surface area contributed by atoms with Gasteiger partial charge in [-0.1, -0.05) is 70.7 Å². The van der Waals surface area contributed by atoms with Gasteiger partial charge in [0.15, 0.2) is 0 Å². The second kappa shape index (κ2) is 19.9. The molecule has 0 spiro atoms. The van der Waals surface area contributed by atoms with Gasteiger partial charge < -0.3 is 39.3 Å². The van der Waals surface area contributed by atoms with Crippen LogP contribution in [0.15, 0.2) is 84.9 Å². The maximum Gasteiger partial charge on any atom is 0.309 e. The van der Waals surface area contributed by atoms with E-state index in [0.717, 1.165) is 67.3 Å². The van der Waals surface area contributed by atoms with Gasteiger partial charge in [0.1, 0.15) is 31.3 Å². The zero-order valence-corrected chi connectivity index (χ0v) is 35.2. The zero-order valence-electron chi connectivity index (χ0n) is 32.1. The van der Waals surface area contributed by atoms with Crippen LogP contribution in [0.3, 0.4) is 0 Å². The second-order valence-corrected chi connectivity index (χ2v) is 16.6. The van der Waals surface area contributed by atoms with E-state index in [1.54, 1.807) is 12.1 Å². The first-order chi connectivity index (χ1) is 28.2. The predicted octanol–water partition coefficient (Wildman–Crippen LogP) is 8.64. The average Bonchev–Trinajstić information content (AvgIpc) is 4.17. The van der Waals surface area contributed by atoms with Crippen LogP contribution in [0, 0.1) is 11.8 Å². The number of carbonyl (C=O) groups excluding carboxylic acids is 2. The third kappa shape index (κ3) is 11.0. The van der Waals surface area contributed by atoms with Crippen LogP contribution < -0.4 is 24.6 Å². The molecule has 14 heteroatoms. The van der Waals surface area contributed by atoms with Crippen molar-refractivity contribution in [3.05, 3.63) is 116 Å². The molecule has 0 radical (unpaired) electrons. The number of hydrogen-bond acceptors (Lipinski definition) is 9. The van der Waals surface area contributed by atoms with Crippen molar-refractivity contribution in [1.29, 1.82) is 0 Å². The molecule has 2 atom stereocenters. The SMILES string of the molecule is O=C(OCCOc1ccc(N2CCN(C(=O)C3CC3)C[C@H]2c2ccc(Cl)cc2)c(Cl)c1)C1CC1.OCCOc1ccc(N2CCNC[C@H]2c2ccc(Cl)cc2)c(Cl)c1. The Morgan fingerprint density at radius 2 is 1.21 bits per heavy atom. The Hall–Kier alpha value is -3.90. The van der Waals surface area contributed by atoms with E-state index in [4.69, 9.17) is 65.7 Å². The van der Waals surface area contributed by atoms with E-state index >= 15 is 0 Å². The van der Waals surface area contributed by atoms with Gasteiger partial charge in [-0.05, 0) is 85.3 Å². The number of anilines is 2. The standard InChI is InChI=1S/C26H28Cl2N2O4.C18H20Cl2N2O2/c27-20-7-5-17(6-8-20)24-16-29(25(31)18-1-2-18)11-12-30(24)23-10-9-21(15-22(23)28)33-13-14-34-26(32)19-3-4-19;19-14-3-1-13(2-4-14)18-12-21-7-8-22(18)17-6-5-15(11-16(17)20)24-10-9-23/h5-10,15,18-19,24H,1-4,11-14,16H2;1-6,11,18,21,23H,7-10,12H2/t24-;18-/m00/s1. The second-order valence-electron chi connectivity index (χ2n) is 14.9. The van der Waals surface area contributed by atoms with Crippen LogP contribution in [0.2, 0.25) is 20.1 Å². The van der Waals surface area contributed by atoms with Gasteiger partial charge in [-0.3, -0.25) is 9.59 Å². The number of ether oxygens (including phenoxy) is 3. The number of benzene rings is 4. The van der Waals surface area contributed by atoms with Crippen LogP contribution in [0.25, 0.3) is 0 Å². The van der Waals surface area contributed by atoms with E-state index in [1.807, 2.05) is 65.6 Å². The molecule has 1 amide bonds. The highest BCUT2D eigenvalue weighted by Crippen LogP contribution is 2.40. The number of rotatable bonds is 13. The number of amides is 1. The fourth-order valence-electron chi connectivity index (χ4n) is 7.33. The van der Waals surface area contributed by atoms with Crippen LogP contribution in [0.4, 0.5) is 11.4 Å². The van der Waals surface area contributed by atoms with Crippen LogP contribution >= 0.6 is 46.4 Å². The highest BCUT2D eigenvalue weighted by Gasteiger charge is 2.38. The minimum atomic E-state index is -0.135. The van der Waals surface area contributed by atoms with Crippen LogP contribution in [0.1, 0.15) is 48.9 Å². The number of aliphatic hydroxyl groups excluding tert-OH is 1. The third-order valence-corrected chi connectivity index (χ3v) is 11.8. The number of halogens is 4. The molecular weight excluding hydrogens is 822 g/mol. The van der Waals surface area contributed by atoms with E-state index in [9.17, 15) is 9.59 Å². The molecule has 2 aliphatic heterocycles. The lowest BCUT2D eigenvalue weighted by atomic mass is 10.0. The highest BCUT2D eigenvalue weighted by molar-refractivity contribution is 6.34. The topological polar surface area (TPSA) is 104 Å². The fraction of sp³-hybridized carbons (Fsp3) is 0.409. The Bertz CT molecular complexity index is 2010. The normalized spacial score (nSPS) is 19.2. The lowest BCUT2D eigenvalue weighted by Gasteiger charge is -2.43. The Morgan fingerprint density at radius 1 is 0.655 bits per heavy atom. The highest BCUT2D eigenvalue weighted by atomic mass is 35.5. The molecule has 4 aromatic carbocycles.